The maximum atomic E-state index is 10.6. The second kappa shape index (κ2) is 5.32. The number of ether oxygens (including phenoxy) is 1. The lowest BCUT2D eigenvalue weighted by molar-refractivity contribution is 0.0685. The first-order chi connectivity index (χ1) is 8.97. The van der Waals surface area contributed by atoms with Crippen LogP contribution >= 0.6 is 11.6 Å². The van der Waals surface area contributed by atoms with E-state index >= 15 is 0 Å². The van der Waals surface area contributed by atoms with Gasteiger partial charge < -0.3 is 14.4 Å². The monoisotopic (exact) mass is 281 g/mol. The summed E-state index contributed by atoms with van der Waals surface area (Å²) in [5.41, 5.74) is 1.70. The minimum atomic E-state index is -1.13. The van der Waals surface area contributed by atoms with Crippen LogP contribution in [0.5, 0.6) is 5.75 Å². The fraction of sp³-hybridized carbons (Fsp3) is 0.231. The lowest BCUT2D eigenvalue weighted by Gasteiger charge is -2.08. The van der Waals surface area contributed by atoms with E-state index in [0.29, 0.717) is 16.5 Å². The van der Waals surface area contributed by atoms with Crippen LogP contribution in [0.1, 0.15) is 27.4 Å². The van der Waals surface area contributed by atoms with Crippen molar-refractivity contribution >= 4 is 17.6 Å². The van der Waals surface area contributed by atoms with Gasteiger partial charge in [0, 0.05) is 11.1 Å². The molecule has 1 N–H and O–H groups in total. The van der Waals surface area contributed by atoms with Crippen LogP contribution in [0.2, 0.25) is 5.02 Å². The van der Waals surface area contributed by atoms with Crippen molar-refractivity contribution in [2.24, 2.45) is 0 Å². The number of hydrogen-bond acceptors (Lipinski definition) is 4. The third-order valence-corrected chi connectivity index (χ3v) is 3.17. The van der Waals surface area contributed by atoms with E-state index in [1.807, 2.05) is 26.0 Å². The van der Waals surface area contributed by atoms with Crippen LogP contribution in [-0.4, -0.2) is 16.2 Å². The number of carbonyl (C=O) groups is 1. The summed E-state index contributed by atoms with van der Waals surface area (Å²) in [6.45, 7) is 3.89. The van der Waals surface area contributed by atoms with Gasteiger partial charge in [0.2, 0.25) is 0 Å². The molecule has 1 heterocycles. The van der Waals surface area contributed by atoms with Crippen molar-refractivity contribution in [3.05, 3.63) is 45.8 Å². The van der Waals surface area contributed by atoms with Gasteiger partial charge in [-0.1, -0.05) is 16.8 Å². The molecular formula is C13H12ClNO4. The van der Waals surface area contributed by atoms with Gasteiger partial charge in [-0.2, -0.15) is 0 Å². The predicted molar refractivity (Wildman–Crippen MR) is 68.7 cm³/mol. The molecule has 0 spiro atoms. The predicted octanol–water partition coefficient (Wildman–Crippen LogP) is 3.22. The first-order valence-electron chi connectivity index (χ1n) is 5.56. The summed E-state index contributed by atoms with van der Waals surface area (Å²) in [5.74, 6) is -0.136. The molecule has 0 fully saturated rings. The Morgan fingerprint density at radius 2 is 2.00 bits per heavy atom. The number of halogens is 1. The average molecular weight is 282 g/mol. The quantitative estimate of drug-likeness (QED) is 0.931. The van der Waals surface area contributed by atoms with Gasteiger partial charge in [0.1, 0.15) is 12.4 Å². The molecule has 0 saturated heterocycles. The van der Waals surface area contributed by atoms with E-state index in [1.54, 1.807) is 0 Å². The molecule has 0 aliphatic heterocycles. The van der Waals surface area contributed by atoms with E-state index in [-0.39, 0.29) is 12.3 Å². The van der Waals surface area contributed by atoms with Crippen molar-refractivity contribution in [3.63, 3.8) is 0 Å². The van der Waals surface area contributed by atoms with Gasteiger partial charge >= 0.3 is 5.97 Å². The van der Waals surface area contributed by atoms with Crippen LogP contribution < -0.4 is 4.74 Å². The average Bonchev–Trinajstić information content (AvgIpc) is 2.82. The number of benzene rings is 1. The molecule has 1 aromatic heterocycles. The standard InChI is InChI=1S/C13H12ClNO4/c1-7-3-9(4-8(2)12(7)14)18-6-10-5-11(13(16)17)15-19-10/h3-5H,6H2,1-2H3,(H,16,17). The first kappa shape index (κ1) is 13.4. The Hall–Kier alpha value is -2.01. The zero-order chi connectivity index (χ0) is 14.0. The number of hydrogen-bond donors (Lipinski definition) is 1. The molecule has 0 saturated carbocycles. The molecule has 1 aromatic carbocycles. The molecule has 0 aliphatic rings. The summed E-state index contributed by atoms with van der Waals surface area (Å²) in [6, 6.07) is 4.95. The highest BCUT2D eigenvalue weighted by atomic mass is 35.5. The number of carboxylic acids is 1. The molecular weight excluding hydrogens is 270 g/mol. The SMILES string of the molecule is Cc1cc(OCc2cc(C(=O)O)no2)cc(C)c1Cl. The van der Waals surface area contributed by atoms with Crippen LogP contribution in [0.4, 0.5) is 0 Å². The summed E-state index contributed by atoms with van der Waals surface area (Å²) < 4.78 is 10.4. The van der Waals surface area contributed by atoms with Gasteiger partial charge in [-0.05, 0) is 37.1 Å². The molecule has 0 amide bonds. The maximum absolute atomic E-state index is 10.6. The van der Waals surface area contributed by atoms with Crippen molar-refractivity contribution in [3.8, 4) is 5.75 Å². The normalized spacial score (nSPS) is 10.5. The molecule has 2 aromatic rings. The highest BCUT2D eigenvalue weighted by Crippen LogP contribution is 2.26. The van der Waals surface area contributed by atoms with Crippen LogP contribution in [0.3, 0.4) is 0 Å². The lowest BCUT2D eigenvalue weighted by Crippen LogP contribution is -1.96. The summed E-state index contributed by atoms with van der Waals surface area (Å²) >= 11 is 6.06. The fourth-order valence-electron chi connectivity index (χ4n) is 1.63. The molecule has 6 heteroatoms. The minimum Gasteiger partial charge on any atom is -0.486 e. The number of aromatic carboxylic acids is 1. The molecule has 0 bridgehead atoms. The van der Waals surface area contributed by atoms with E-state index in [0.717, 1.165) is 11.1 Å². The smallest absolute Gasteiger partial charge is 0.358 e. The van der Waals surface area contributed by atoms with Crippen LogP contribution in [0, 0.1) is 13.8 Å². The van der Waals surface area contributed by atoms with Gasteiger partial charge in [0.15, 0.2) is 11.5 Å². The topological polar surface area (TPSA) is 72.6 Å². The Balaban J connectivity index is 2.08. The molecule has 100 valence electrons. The maximum Gasteiger partial charge on any atom is 0.358 e. The largest absolute Gasteiger partial charge is 0.486 e. The van der Waals surface area contributed by atoms with E-state index in [9.17, 15) is 4.79 Å². The molecule has 2 rings (SSSR count). The molecule has 19 heavy (non-hydrogen) atoms. The van der Waals surface area contributed by atoms with E-state index in [2.05, 4.69) is 5.16 Å². The van der Waals surface area contributed by atoms with Crippen molar-refractivity contribution in [1.82, 2.24) is 5.16 Å². The van der Waals surface area contributed by atoms with E-state index in [1.165, 1.54) is 6.07 Å². The number of rotatable bonds is 4. The zero-order valence-electron chi connectivity index (χ0n) is 10.4. The second-order valence-corrected chi connectivity index (χ2v) is 4.52. The highest BCUT2D eigenvalue weighted by Gasteiger charge is 2.11. The summed E-state index contributed by atoms with van der Waals surface area (Å²) in [7, 11) is 0. The summed E-state index contributed by atoms with van der Waals surface area (Å²) in [4.78, 5) is 10.6. The Bertz CT molecular complexity index is 598. The molecule has 0 aliphatic carbocycles. The summed E-state index contributed by atoms with van der Waals surface area (Å²) in [6.07, 6.45) is 0. The zero-order valence-corrected chi connectivity index (χ0v) is 11.2. The van der Waals surface area contributed by atoms with Crippen LogP contribution in [0.15, 0.2) is 22.7 Å². The molecule has 0 atom stereocenters. The van der Waals surface area contributed by atoms with Gasteiger partial charge in [0.25, 0.3) is 0 Å². The Morgan fingerprint density at radius 3 is 2.53 bits per heavy atom. The van der Waals surface area contributed by atoms with E-state index < -0.39 is 5.97 Å². The Kier molecular flexibility index (Phi) is 3.76. The van der Waals surface area contributed by atoms with Crippen molar-refractivity contribution in [1.29, 1.82) is 0 Å². The number of aromatic nitrogens is 1. The van der Waals surface area contributed by atoms with Crippen molar-refractivity contribution < 1.29 is 19.2 Å². The minimum absolute atomic E-state index is 0.112. The summed E-state index contributed by atoms with van der Waals surface area (Å²) in [5, 5.41) is 12.8. The van der Waals surface area contributed by atoms with Crippen LogP contribution in [-0.2, 0) is 6.61 Å². The Morgan fingerprint density at radius 1 is 1.37 bits per heavy atom. The fourth-order valence-corrected chi connectivity index (χ4v) is 1.73. The van der Waals surface area contributed by atoms with Gasteiger partial charge in [-0.25, -0.2) is 4.79 Å². The first-order valence-corrected chi connectivity index (χ1v) is 5.93. The molecule has 5 nitrogen and oxygen atoms in total. The lowest BCUT2D eigenvalue weighted by atomic mass is 10.1. The Labute approximate surface area is 114 Å². The number of carboxylic acid groups (broad SMARTS) is 1. The van der Waals surface area contributed by atoms with Gasteiger partial charge in [0.05, 0.1) is 0 Å². The van der Waals surface area contributed by atoms with Gasteiger partial charge in [-0.3, -0.25) is 0 Å². The van der Waals surface area contributed by atoms with Crippen molar-refractivity contribution in [2.45, 2.75) is 20.5 Å². The third-order valence-electron chi connectivity index (χ3n) is 2.57. The van der Waals surface area contributed by atoms with Gasteiger partial charge in [-0.15, -0.1) is 0 Å². The second-order valence-electron chi connectivity index (χ2n) is 4.14. The van der Waals surface area contributed by atoms with Crippen LogP contribution in [0.25, 0.3) is 0 Å². The number of nitrogens with zero attached hydrogens (tertiary/aromatic N) is 1. The highest BCUT2D eigenvalue weighted by molar-refractivity contribution is 6.32. The number of aryl methyl sites for hydroxylation is 2. The third kappa shape index (κ3) is 3.06. The van der Waals surface area contributed by atoms with Crippen molar-refractivity contribution in [2.75, 3.05) is 0 Å². The van der Waals surface area contributed by atoms with E-state index in [4.69, 9.17) is 26.0 Å². The molecule has 0 unspecified atom stereocenters. The molecule has 0 radical (unpaired) electrons.